The largest absolute Gasteiger partial charge is 0.329 e. The molecule has 1 saturated carbocycles. The predicted molar refractivity (Wildman–Crippen MR) is 101 cm³/mol. The second kappa shape index (κ2) is 8.15. The normalized spacial score (nSPS) is 20.8. The summed E-state index contributed by atoms with van der Waals surface area (Å²) in [7, 11) is 0. The van der Waals surface area contributed by atoms with Crippen LogP contribution >= 0.6 is 0 Å². The van der Waals surface area contributed by atoms with E-state index in [9.17, 15) is 0 Å². The van der Waals surface area contributed by atoms with Crippen molar-refractivity contribution in [2.75, 3.05) is 26.2 Å². The Hall–Kier alpha value is -1.65. The Morgan fingerprint density at radius 2 is 1.72 bits per heavy atom. The minimum absolute atomic E-state index is 0.864. The van der Waals surface area contributed by atoms with Crippen molar-refractivity contribution in [2.45, 2.75) is 51.2 Å². The van der Waals surface area contributed by atoms with Gasteiger partial charge in [0.25, 0.3) is 0 Å². The van der Waals surface area contributed by atoms with Crippen molar-refractivity contribution < 1.29 is 0 Å². The molecule has 0 N–H and O–H groups in total. The van der Waals surface area contributed by atoms with Gasteiger partial charge in [0.05, 0.1) is 12.0 Å². The van der Waals surface area contributed by atoms with Gasteiger partial charge in [-0.2, -0.15) is 0 Å². The number of nitrogens with zero attached hydrogens (tertiary/aromatic N) is 4. The number of aromatic nitrogens is 2. The first-order chi connectivity index (χ1) is 12.4. The van der Waals surface area contributed by atoms with E-state index < -0.39 is 0 Å². The summed E-state index contributed by atoms with van der Waals surface area (Å²) < 4.78 is 2.30. The number of rotatable bonds is 5. The van der Waals surface area contributed by atoms with Crippen LogP contribution in [0.25, 0.3) is 0 Å². The lowest BCUT2D eigenvalue weighted by Gasteiger charge is -2.27. The summed E-state index contributed by atoms with van der Waals surface area (Å²) >= 11 is 0. The van der Waals surface area contributed by atoms with E-state index >= 15 is 0 Å². The van der Waals surface area contributed by atoms with Crippen LogP contribution in [-0.2, 0) is 13.1 Å². The van der Waals surface area contributed by atoms with E-state index in [2.05, 4.69) is 49.7 Å². The Morgan fingerprint density at radius 3 is 2.56 bits per heavy atom. The zero-order valence-electron chi connectivity index (χ0n) is 15.2. The predicted octanol–water partition coefficient (Wildman–Crippen LogP) is 3.38. The topological polar surface area (TPSA) is 24.3 Å². The summed E-state index contributed by atoms with van der Waals surface area (Å²) in [5.41, 5.74) is 2.67. The first-order valence-electron chi connectivity index (χ1n) is 9.88. The molecule has 2 fully saturated rings. The molecule has 2 heterocycles. The van der Waals surface area contributed by atoms with Crippen molar-refractivity contribution in [3.8, 4) is 0 Å². The average Bonchev–Trinajstić information content (AvgIpc) is 3.26. The summed E-state index contributed by atoms with van der Waals surface area (Å²) in [4.78, 5) is 9.79. The quantitative estimate of drug-likeness (QED) is 0.835. The number of benzene rings is 1. The van der Waals surface area contributed by atoms with Crippen molar-refractivity contribution in [1.29, 1.82) is 0 Å². The molecule has 1 aliphatic heterocycles. The van der Waals surface area contributed by atoms with E-state index in [-0.39, 0.29) is 0 Å². The van der Waals surface area contributed by atoms with Crippen LogP contribution in [0.5, 0.6) is 0 Å². The highest BCUT2D eigenvalue weighted by Crippen LogP contribution is 2.24. The Labute approximate surface area is 151 Å². The molecular formula is C21H30N4. The van der Waals surface area contributed by atoms with Gasteiger partial charge >= 0.3 is 0 Å². The van der Waals surface area contributed by atoms with Crippen LogP contribution < -0.4 is 0 Å². The third kappa shape index (κ3) is 4.31. The van der Waals surface area contributed by atoms with Crippen LogP contribution in [0.4, 0.5) is 0 Å². The molecule has 0 unspecified atom stereocenters. The number of imidazole rings is 1. The van der Waals surface area contributed by atoms with Gasteiger partial charge in [0.1, 0.15) is 0 Å². The van der Waals surface area contributed by atoms with E-state index in [4.69, 9.17) is 0 Å². The molecule has 0 bridgehead atoms. The fourth-order valence-electron chi connectivity index (χ4n) is 4.41. The second-order valence-electron chi connectivity index (χ2n) is 7.60. The van der Waals surface area contributed by atoms with Crippen LogP contribution in [-0.4, -0.2) is 51.6 Å². The standard InChI is InChI=1S/C21H30N4/c1-2-7-19(8-3-1)16-25-18-22-15-21(25)17-23-11-6-12-24(14-13-23)20-9-4-5-10-20/h1-3,7-8,15,18,20H,4-6,9-14,16-17H2. The van der Waals surface area contributed by atoms with Crippen molar-refractivity contribution in [1.82, 2.24) is 19.4 Å². The second-order valence-corrected chi connectivity index (χ2v) is 7.60. The molecule has 4 rings (SSSR count). The van der Waals surface area contributed by atoms with Gasteiger partial charge in [0.15, 0.2) is 0 Å². The van der Waals surface area contributed by atoms with Gasteiger partial charge < -0.3 is 4.57 Å². The lowest BCUT2D eigenvalue weighted by atomic mass is 10.2. The smallest absolute Gasteiger partial charge is 0.0951 e. The minimum Gasteiger partial charge on any atom is -0.329 e. The summed E-state index contributed by atoms with van der Waals surface area (Å²) in [6.07, 6.45) is 11.0. The monoisotopic (exact) mass is 338 g/mol. The van der Waals surface area contributed by atoms with Crippen LogP contribution in [0.15, 0.2) is 42.9 Å². The summed E-state index contributed by atoms with van der Waals surface area (Å²) in [6, 6.07) is 11.5. The van der Waals surface area contributed by atoms with E-state index in [0.29, 0.717) is 0 Å². The maximum Gasteiger partial charge on any atom is 0.0951 e. The fraction of sp³-hybridized carbons (Fsp3) is 0.571. The van der Waals surface area contributed by atoms with Crippen molar-refractivity contribution in [3.63, 3.8) is 0 Å². The third-order valence-electron chi connectivity index (χ3n) is 5.84. The molecule has 0 spiro atoms. The van der Waals surface area contributed by atoms with Gasteiger partial charge in [-0.25, -0.2) is 4.98 Å². The summed E-state index contributed by atoms with van der Waals surface area (Å²) in [6.45, 7) is 6.85. The van der Waals surface area contributed by atoms with Crippen LogP contribution in [0.1, 0.15) is 43.4 Å². The lowest BCUT2D eigenvalue weighted by molar-refractivity contribution is 0.197. The van der Waals surface area contributed by atoms with Crippen LogP contribution in [0.3, 0.4) is 0 Å². The highest BCUT2D eigenvalue weighted by atomic mass is 15.2. The first kappa shape index (κ1) is 16.8. The highest BCUT2D eigenvalue weighted by Gasteiger charge is 2.24. The van der Waals surface area contributed by atoms with E-state index in [0.717, 1.165) is 19.1 Å². The Bertz CT molecular complexity index is 645. The molecule has 0 amide bonds. The molecule has 4 heteroatoms. The number of hydrogen-bond acceptors (Lipinski definition) is 3. The highest BCUT2D eigenvalue weighted by molar-refractivity contribution is 5.16. The van der Waals surface area contributed by atoms with Gasteiger partial charge in [0.2, 0.25) is 0 Å². The molecule has 2 aliphatic rings. The van der Waals surface area contributed by atoms with Gasteiger partial charge in [-0.05, 0) is 37.9 Å². The maximum atomic E-state index is 4.41. The summed E-state index contributed by atoms with van der Waals surface area (Å²) in [5, 5.41) is 0. The zero-order valence-corrected chi connectivity index (χ0v) is 15.2. The molecule has 0 atom stereocenters. The SMILES string of the molecule is c1ccc(Cn2cncc2CN2CCCN(C3CCCC3)CC2)cc1. The van der Waals surface area contributed by atoms with Gasteiger partial charge in [0, 0.05) is 38.4 Å². The minimum atomic E-state index is 0.864. The Morgan fingerprint density at radius 1 is 0.880 bits per heavy atom. The molecule has 2 aromatic rings. The van der Waals surface area contributed by atoms with Crippen LogP contribution in [0.2, 0.25) is 0 Å². The molecule has 1 saturated heterocycles. The fourth-order valence-corrected chi connectivity index (χ4v) is 4.41. The maximum absolute atomic E-state index is 4.41. The third-order valence-corrected chi connectivity index (χ3v) is 5.84. The van der Waals surface area contributed by atoms with E-state index in [1.807, 2.05) is 12.5 Å². The average molecular weight is 338 g/mol. The molecule has 1 aromatic carbocycles. The molecule has 1 aliphatic carbocycles. The molecule has 134 valence electrons. The van der Waals surface area contributed by atoms with Gasteiger partial charge in [-0.3, -0.25) is 9.80 Å². The van der Waals surface area contributed by atoms with Gasteiger partial charge in [-0.15, -0.1) is 0 Å². The molecular weight excluding hydrogens is 308 g/mol. The van der Waals surface area contributed by atoms with E-state index in [1.54, 1.807) is 0 Å². The summed E-state index contributed by atoms with van der Waals surface area (Å²) in [5.74, 6) is 0. The lowest BCUT2D eigenvalue weighted by Crippen LogP contribution is -2.36. The zero-order chi connectivity index (χ0) is 16.9. The Balaban J connectivity index is 1.35. The van der Waals surface area contributed by atoms with Crippen molar-refractivity contribution in [3.05, 3.63) is 54.1 Å². The molecule has 4 nitrogen and oxygen atoms in total. The van der Waals surface area contributed by atoms with Crippen LogP contribution in [0, 0.1) is 0 Å². The Kier molecular flexibility index (Phi) is 5.48. The van der Waals surface area contributed by atoms with E-state index in [1.165, 1.54) is 69.5 Å². The van der Waals surface area contributed by atoms with Crippen molar-refractivity contribution >= 4 is 0 Å². The molecule has 25 heavy (non-hydrogen) atoms. The molecule has 0 radical (unpaired) electrons. The molecule has 1 aromatic heterocycles. The number of hydrogen-bond donors (Lipinski definition) is 0. The van der Waals surface area contributed by atoms with Gasteiger partial charge in [-0.1, -0.05) is 43.2 Å². The van der Waals surface area contributed by atoms with Crippen molar-refractivity contribution in [2.24, 2.45) is 0 Å². The first-order valence-corrected chi connectivity index (χ1v) is 9.88.